The van der Waals surface area contributed by atoms with Gasteiger partial charge in [0.2, 0.25) is 0 Å². The Bertz CT molecular complexity index is 491. The molecule has 2 nitrogen and oxygen atoms in total. The van der Waals surface area contributed by atoms with Crippen LogP contribution in [0.25, 0.3) is 10.8 Å². The minimum absolute atomic E-state index is 1.20. The van der Waals surface area contributed by atoms with Gasteiger partial charge in [0, 0.05) is 12.4 Å². The fourth-order valence-electron chi connectivity index (χ4n) is 3.67. The molecule has 0 aliphatic rings. The number of quaternary nitrogens is 1. The number of hydrogen-bond acceptors (Lipinski definition) is 1. The van der Waals surface area contributed by atoms with Crippen LogP contribution in [0.2, 0.25) is 0 Å². The lowest BCUT2D eigenvalue weighted by molar-refractivity contribution is -0.929. The topological polar surface area (TPSA) is 12.9 Å². The summed E-state index contributed by atoms with van der Waals surface area (Å²) in [6.45, 7) is 15.0. The number of aromatic nitrogens is 1. The van der Waals surface area contributed by atoms with Crippen LogP contribution >= 0.6 is 0 Å². The number of unbranched alkanes of at least 4 members (excludes halogenated alkanes) is 4. The molecular weight excluding hydrogens is 328 g/mol. The molecule has 2 heteroatoms. The molecule has 0 saturated heterocycles. The lowest BCUT2D eigenvalue weighted by Crippen LogP contribution is -2.50. The Balaban J connectivity index is 0.000000303. The van der Waals surface area contributed by atoms with Gasteiger partial charge in [0.25, 0.3) is 0 Å². The first-order valence-electron chi connectivity index (χ1n) is 11.3. The fraction of sp³-hybridized carbons (Fsp3) is 0.640. The molecule has 27 heavy (non-hydrogen) atoms. The summed E-state index contributed by atoms with van der Waals surface area (Å²) in [7, 11) is 0. The molecule has 0 radical (unpaired) electrons. The van der Waals surface area contributed by atoms with E-state index in [9.17, 15) is 0 Å². The molecule has 0 fully saturated rings. The van der Waals surface area contributed by atoms with E-state index in [1.165, 1.54) is 92.8 Å². The summed E-state index contributed by atoms with van der Waals surface area (Å²) in [6, 6.07) is 10.2. The second-order valence-electron chi connectivity index (χ2n) is 7.87. The van der Waals surface area contributed by atoms with E-state index in [0.29, 0.717) is 0 Å². The maximum absolute atomic E-state index is 4.01. The van der Waals surface area contributed by atoms with Gasteiger partial charge in [0.1, 0.15) is 0 Å². The molecule has 0 N–H and O–H groups in total. The molecule has 0 aliphatic heterocycles. The predicted octanol–water partition coefficient (Wildman–Crippen LogP) is 7.24. The van der Waals surface area contributed by atoms with Crippen molar-refractivity contribution in [2.75, 3.05) is 26.2 Å². The normalized spacial score (nSPS) is 11.3. The monoisotopic (exact) mass is 371 g/mol. The van der Waals surface area contributed by atoms with Crippen LogP contribution in [0.3, 0.4) is 0 Å². The first-order chi connectivity index (χ1) is 13.2. The Hall–Kier alpha value is -1.41. The van der Waals surface area contributed by atoms with Crippen LogP contribution < -0.4 is 0 Å². The van der Waals surface area contributed by atoms with Crippen LogP contribution in [0.5, 0.6) is 0 Å². The molecule has 2 aromatic rings. The second-order valence-corrected chi connectivity index (χ2v) is 7.87. The molecule has 0 atom stereocenters. The Kier molecular flexibility index (Phi) is 12.8. The van der Waals surface area contributed by atoms with E-state index < -0.39 is 0 Å². The number of nitrogens with zero attached hydrogens (tertiary/aromatic N) is 2. The van der Waals surface area contributed by atoms with Crippen LogP contribution in [0.15, 0.2) is 42.7 Å². The van der Waals surface area contributed by atoms with Gasteiger partial charge in [0.15, 0.2) is 0 Å². The van der Waals surface area contributed by atoms with E-state index >= 15 is 0 Å². The van der Waals surface area contributed by atoms with E-state index in [1.807, 2.05) is 30.6 Å². The zero-order valence-electron chi connectivity index (χ0n) is 18.4. The van der Waals surface area contributed by atoms with E-state index in [1.54, 1.807) is 0 Å². The zero-order valence-corrected chi connectivity index (χ0v) is 18.4. The summed E-state index contributed by atoms with van der Waals surface area (Å²) in [5, 5.41) is 2.45. The number of benzene rings is 1. The van der Waals surface area contributed by atoms with E-state index in [-0.39, 0.29) is 0 Å². The van der Waals surface area contributed by atoms with Crippen molar-refractivity contribution in [2.24, 2.45) is 0 Å². The highest BCUT2D eigenvalue weighted by molar-refractivity contribution is 5.80. The maximum Gasteiger partial charge on any atom is 0.0786 e. The van der Waals surface area contributed by atoms with Crippen LogP contribution in [-0.2, 0) is 0 Å². The Morgan fingerprint density at radius 2 is 1.07 bits per heavy atom. The summed E-state index contributed by atoms with van der Waals surface area (Å²) in [4.78, 5) is 4.01. The van der Waals surface area contributed by atoms with Crippen molar-refractivity contribution in [1.82, 2.24) is 4.98 Å². The van der Waals surface area contributed by atoms with Gasteiger partial charge in [-0.2, -0.15) is 0 Å². The Morgan fingerprint density at radius 3 is 1.48 bits per heavy atom. The third-order valence-corrected chi connectivity index (χ3v) is 5.49. The van der Waals surface area contributed by atoms with Crippen molar-refractivity contribution in [3.8, 4) is 0 Å². The van der Waals surface area contributed by atoms with Crippen LogP contribution in [-0.4, -0.2) is 35.6 Å². The molecule has 0 bridgehead atoms. The first kappa shape index (κ1) is 23.6. The quantitative estimate of drug-likeness (QED) is 0.358. The van der Waals surface area contributed by atoms with Crippen molar-refractivity contribution in [1.29, 1.82) is 0 Å². The molecule has 1 heterocycles. The van der Waals surface area contributed by atoms with Crippen molar-refractivity contribution in [2.45, 2.75) is 79.1 Å². The Labute approximate surface area is 168 Å². The van der Waals surface area contributed by atoms with Crippen molar-refractivity contribution in [3.63, 3.8) is 0 Å². The van der Waals surface area contributed by atoms with Crippen LogP contribution in [0.4, 0.5) is 0 Å². The lowest BCUT2D eigenvalue weighted by atomic mass is 10.1. The highest BCUT2D eigenvalue weighted by atomic mass is 15.3. The third-order valence-electron chi connectivity index (χ3n) is 5.49. The number of fused-ring (bicyclic) bond motifs is 1. The van der Waals surface area contributed by atoms with Gasteiger partial charge in [-0.25, -0.2) is 0 Å². The van der Waals surface area contributed by atoms with Gasteiger partial charge < -0.3 is 4.48 Å². The predicted molar refractivity (Wildman–Crippen MR) is 121 cm³/mol. The summed E-state index contributed by atoms with van der Waals surface area (Å²) in [5.74, 6) is 0. The molecule has 0 saturated carbocycles. The smallest absolute Gasteiger partial charge is 0.0786 e. The van der Waals surface area contributed by atoms with Gasteiger partial charge in [-0.15, -0.1) is 0 Å². The molecule has 152 valence electrons. The van der Waals surface area contributed by atoms with Crippen molar-refractivity contribution < 1.29 is 4.48 Å². The number of rotatable bonds is 12. The van der Waals surface area contributed by atoms with E-state index in [4.69, 9.17) is 0 Å². The van der Waals surface area contributed by atoms with Crippen LogP contribution in [0.1, 0.15) is 79.1 Å². The van der Waals surface area contributed by atoms with Gasteiger partial charge in [0.05, 0.1) is 26.2 Å². The minimum Gasteiger partial charge on any atom is -0.324 e. The molecule has 0 aliphatic carbocycles. The molecular formula is C25H43N2+. The zero-order chi connectivity index (χ0) is 19.8. The molecule has 1 aromatic carbocycles. The second kappa shape index (κ2) is 14.6. The van der Waals surface area contributed by atoms with Gasteiger partial charge in [-0.3, -0.25) is 4.98 Å². The SMILES string of the molecule is CCCC[N+](CCCC)(CCCC)CCCC.c1ccc2cnccc2c1. The van der Waals surface area contributed by atoms with Crippen molar-refractivity contribution >= 4 is 10.8 Å². The maximum atomic E-state index is 4.01. The average Bonchev–Trinajstić information content (AvgIpc) is 2.73. The standard InChI is InChI=1S/C16H36N.C9H7N/c1-5-9-13-17(14-10-6-2,15-11-7-3)16-12-8-4;1-2-4-9-7-10-6-5-8(9)3-1/h5-16H2,1-4H3;1-7H/q+1;. The highest BCUT2D eigenvalue weighted by Gasteiger charge is 2.24. The largest absolute Gasteiger partial charge is 0.324 e. The van der Waals surface area contributed by atoms with Gasteiger partial charge in [-0.1, -0.05) is 77.6 Å². The molecule has 0 amide bonds. The molecule has 2 rings (SSSR count). The van der Waals surface area contributed by atoms with Crippen LogP contribution in [0, 0.1) is 0 Å². The Morgan fingerprint density at radius 1 is 0.630 bits per heavy atom. The highest BCUT2D eigenvalue weighted by Crippen LogP contribution is 2.16. The fourth-order valence-corrected chi connectivity index (χ4v) is 3.67. The summed E-state index contributed by atoms with van der Waals surface area (Å²) in [5.41, 5.74) is 0. The summed E-state index contributed by atoms with van der Waals surface area (Å²) in [6.07, 6.45) is 14.7. The summed E-state index contributed by atoms with van der Waals surface area (Å²) < 4.78 is 1.42. The molecule has 0 unspecified atom stereocenters. The molecule has 0 spiro atoms. The third kappa shape index (κ3) is 9.37. The van der Waals surface area contributed by atoms with Gasteiger partial charge in [-0.05, 0) is 42.5 Å². The van der Waals surface area contributed by atoms with Crippen molar-refractivity contribution in [3.05, 3.63) is 42.7 Å². The minimum atomic E-state index is 1.20. The lowest BCUT2D eigenvalue weighted by Gasteiger charge is -2.39. The number of pyridine rings is 1. The van der Waals surface area contributed by atoms with E-state index in [2.05, 4.69) is 44.8 Å². The summed E-state index contributed by atoms with van der Waals surface area (Å²) >= 11 is 0. The average molecular weight is 372 g/mol. The van der Waals surface area contributed by atoms with E-state index in [0.717, 1.165) is 0 Å². The number of hydrogen-bond donors (Lipinski definition) is 0. The molecule has 1 aromatic heterocycles. The first-order valence-corrected chi connectivity index (χ1v) is 11.3. The van der Waals surface area contributed by atoms with Gasteiger partial charge >= 0.3 is 0 Å².